The Kier molecular flexibility index (Phi) is 7.71. The third-order valence-corrected chi connectivity index (χ3v) is 6.80. The highest BCUT2D eigenvalue weighted by molar-refractivity contribution is 6.46. The van der Waals surface area contributed by atoms with Crippen LogP contribution < -0.4 is 4.74 Å². The van der Waals surface area contributed by atoms with E-state index in [1.165, 1.54) is 4.90 Å². The van der Waals surface area contributed by atoms with Gasteiger partial charge < -0.3 is 19.8 Å². The highest BCUT2D eigenvalue weighted by Gasteiger charge is 2.45. The van der Waals surface area contributed by atoms with Crippen LogP contribution in [0.4, 0.5) is 0 Å². The summed E-state index contributed by atoms with van der Waals surface area (Å²) in [5.41, 5.74) is 2.83. The van der Waals surface area contributed by atoms with E-state index in [2.05, 4.69) is 20.8 Å². The lowest BCUT2D eigenvalue weighted by Gasteiger charge is -2.26. The van der Waals surface area contributed by atoms with Crippen molar-refractivity contribution in [1.29, 1.82) is 0 Å². The summed E-state index contributed by atoms with van der Waals surface area (Å²) >= 11 is 6.22. The zero-order valence-electron chi connectivity index (χ0n) is 21.1. The number of halogens is 1. The van der Waals surface area contributed by atoms with E-state index in [-0.39, 0.29) is 36.5 Å². The van der Waals surface area contributed by atoms with Crippen LogP contribution in [0.3, 0.4) is 0 Å². The van der Waals surface area contributed by atoms with Crippen LogP contribution in [0.15, 0.2) is 78.4 Å². The number of Topliss-reactive ketones (excluding diaryl/α,β-unsaturated/α-hetero) is 1. The van der Waals surface area contributed by atoms with Crippen molar-refractivity contribution in [3.8, 4) is 5.75 Å². The van der Waals surface area contributed by atoms with Gasteiger partial charge in [-0.25, -0.2) is 0 Å². The number of amides is 1. The van der Waals surface area contributed by atoms with E-state index >= 15 is 0 Å². The number of β-amino-alcohol motifs (C(OH)–C–C–N with tert-alkyl or cyclic N) is 1. The predicted molar refractivity (Wildman–Crippen MR) is 143 cm³/mol. The van der Waals surface area contributed by atoms with E-state index in [1.807, 2.05) is 42.5 Å². The molecular formula is C30H30ClNO5. The van der Waals surface area contributed by atoms with Gasteiger partial charge in [-0.2, -0.15) is 0 Å². The van der Waals surface area contributed by atoms with Gasteiger partial charge in [0.15, 0.2) is 0 Å². The Bertz CT molecular complexity index is 1340. The summed E-state index contributed by atoms with van der Waals surface area (Å²) in [6, 6.07) is 20.9. The second kappa shape index (κ2) is 10.8. The Morgan fingerprint density at radius 2 is 1.70 bits per heavy atom. The van der Waals surface area contributed by atoms with Gasteiger partial charge in [0.25, 0.3) is 11.7 Å². The predicted octanol–water partition coefficient (Wildman–Crippen LogP) is 5.63. The Morgan fingerprint density at radius 1 is 1.00 bits per heavy atom. The molecule has 1 aliphatic heterocycles. The Balaban J connectivity index is 1.72. The molecule has 3 aromatic carbocycles. The maximum atomic E-state index is 13.1. The highest BCUT2D eigenvalue weighted by atomic mass is 35.5. The molecule has 0 bridgehead atoms. The molecule has 0 saturated carbocycles. The number of carbonyl (C=O) groups excluding carboxylic acids is 2. The first-order valence-electron chi connectivity index (χ1n) is 12.1. The van der Waals surface area contributed by atoms with Crippen molar-refractivity contribution in [2.24, 2.45) is 0 Å². The number of benzene rings is 3. The van der Waals surface area contributed by atoms with Gasteiger partial charge in [0.1, 0.15) is 18.1 Å². The molecular weight excluding hydrogens is 490 g/mol. The summed E-state index contributed by atoms with van der Waals surface area (Å²) in [7, 11) is 0. The number of carbonyl (C=O) groups is 2. The molecule has 192 valence electrons. The van der Waals surface area contributed by atoms with Gasteiger partial charge in [-0.3, -0.25) is 9.59 Å². The third-order valence-electron chi connectivity index (χ3n) is 6.43. The van der Waals surface area contributed by atoms with Crippen LogP contribution in [0, 0.1) is 0 Å². The van der Waals surface area contributed by atoms with Crippen molar-refractivity contribution >= 4 is 29.1 Å². The van der Waals surface area contributed by atoms with Crippen molar-refractivity contribution < 1.29 is 24.5 Å². The highest BCUT2D eigenvalue weighted by Crippen LogP contribution is 2.40. The molecule has 1 amide bonds. The molecule has 3 aromatic rings. The molecule has 0 radical (unpaired) electrons. The maximum Gasteiger partial charge on any atom is 0.295 e. The van der Waals surface area contributed by atoms with Crippen molar-refractivity contribution in [1.82, 2.24) is 4.90 Å². The van der Waals surface area contributed by atoms with Gasteiger partial charge in [0.2, 0.25) is 0 Å². The van der Waals surface area contributed by atoms with Gasteiger partial charge in [0, 0.05) is 22.7 Å². The molecule has 1 atom stereocenters. The Labute approximate surface area is 221 Å². The molecule has 1 unspecified atom stereocenters. The van der Waals surface area contributed by atoms with Gasteiger partial charge in [-0.15, -0.1) is 0 Å². The average molecular weight is 520 g/mol. The number of hydrogen-bond donors (Lipinski definition) is 2. The minimum absolute atomic E-state index is 0.0230. The lowest BCUT2D eigenvalue weighted by atomic mass is 9.85. The third kappa shape index (κ3) is 5.55. The number of aliphatic hydroxyl groups excluding tert-OH is 2. The summed E-state index contributed by atoms with van der Waals surface area (Å²) < 4.78 is 5.88. The lowest BCUT2D eigenvalue weighted by molar-refractivity contribution is -0.140. The average Bonchev–Trinajstić information content (AvgIpc) is 3.13. The summed E-state index contributed by atoms with van der Waals surface area (Å²) in [6.45, 7) is 6.18. The zero-order valence-corrected chi connectivity index (χ0v) is 21.8. The minimum Gasteiger partial charge on any atom is -0.507 e. The number of rotatable bonds is 7. The number of ether oxygens (including phenoxy) is 1. The second-order valence-electron chi connectivity index (χ2n) is 10.00. The fourth-order valence-corrected chi connectivity index (χ4v) is 4.59. The van der Waals surface area contributed by atoms with E-state index in [0.717, 1.165) is 11.1 Å². The van der Waals surface area contributed by atoms with E-state index in [0.29, 0.717) is 21.9 Å². The molecule has 1 heterocycles. The van der Waals surface area contributed by atoms with E-state index in [4.69, 9.17) is 16.3 Å². The molecule has 1 aliphatic rings. The molecule has 1 fully saturated rings. The summed E-state index contributed by atoms with van der Waals surface area (Å²) in [4.78, 5) is 27.3. The van der Waals surface area contributed by atoms with Crippen LogP contribution in [-0.2, 0) is 21.6 Å². The smallest absolute Gasteiger partial charge is 0.295 e. The van der Waals surface area contributed by atoms with E-state index < -0.39 is 17.7 Å². The molecule has 0 aliphatic carbocycles. The van der Waals surface area contributed by atoms with Gasteiger partial charge in [-0.05, 0) is 34.7 Å². The van der Waals surface area contributed by atoms with Crippen LogP contribution in [-0.4, -0.2) is 40.0 Å². The van der Waals surface area contributed by atoms with Crippen LogP contribution >= 0.6 is 11.6 Å². The van der Waals surface area contributed by atoms with Crippen molar-refractivity contribution in [2.75, 3.05) is 13.2 Å². The maximum absolute atomic E-state index is 13.1. The van der Waals surface area contributed by atoms with Crippen LogP contribution in [0.5, 0.6) is 5.75 Å². The quantitative estimate of drug-likeness (QED) is 0.240. The van der Waals surface area contributed by atoms with E-state index in [1.54, 1.807) is 30.3 Å². The standard InChI is InChI=1S/C30H30ClNO5/c1-30(2,3)22-13-11-19(12-14-22)26-25(28(35)29(36)32(26)15-16-33)27(34)20-8-6-9-23(17-20)37-18-21-7-4-5-10-24(21)31/h4-14,17,26,33-34H,15-16,18H2,1-3H3/b27-25+. The Hall–Kier alpha value is -3.61. The van der Waals surface area contributed by atoms with Gasteiger partial charge in [0.05, 0.1) is 18.2 Å². The van der Waals surface area contributed by atoms with Crippen LogP contribution in [0.1, 0.15) is 49.1 Å². The summed E-state index contributed by atoms with van der Waals surface area (Å²) in [5, 5.41) is 21.5. The van der Waals surface area contributed by atoms with Crippen LogP contribution in [0.25, 0.3) is 5.76 Å². The number of likely N-dealkylation sites (tertiary alicyclic amines) is 1. The summed E-state index contributed by atoms with van der Waals surface area (Å²) in [5.74, 6) is -1.38. The first-order valence-corrected chi connectivity index (χ1v) is 12.5. The molecule has 4 rings (SSSR count). The number of ketones is 1. The Morgan fingerprint density at radius 3 is 2.35 bits per heavy atom. The monoisotopic (exact) mass is 519 g/mol. The van der Waals surface area contributed by atoms with Crippen LogP contribution in [0.2, 0.25) is 5.02 Å². The topological polar surface area (TPSA) is 87.1 Å². The second-order valence-corrected chi connectivity index (χ2v) is 10.4. The fraction of sp³-hybridized carbons (Fsp3) is 0.267. The molecule has 6 nitrogen and oxygen atoms in total. The first kappa shape index (κ1) is 26.5. The fourth-order valence-electron chi connectivity index (χ4n) is 4.40. The zero-order chi connectivity index (χ0) is 26.7. The molecule has 0 aromatic heterocycles. The SMILES string of the molecule is CC(C)(C)c1ccc(C2/C(=C(\O)c3cccc(OCc4ccccc4Cl)c3)C(=O)C(=O)N2CCO)cc1. The largest absolute Gasteiger partial charge is 0.507 e. The molecule has 2 N–H and O–H groups in total. The molecule has 37 heavy (non-hydrogen) atoms. The van der Waals surface area contributed by atoms with Crippen molar-refractivity contribution in [2.45, 2.75) is 38.8 Å². The van der Waals surface area contributed by atoms with E-state index in [9.17, 15) is 19.8 Å². The number of hydrogen-bond acceptors (Lipinski definition) is 5. The minimum atomic E-state index is -0.825. The van der Waals surface area contributed by atoms with Gasteiger partial charge in [-0.1, -0.05) is 87.0 Å². The van der Waals surface area contributed by atoms with Gasteiger partial charge >= 0.3 is 0 Å². The number of nitrogens with zero attached hydrogens (tertiary/aromatic N) is 1. The summed E-state index contributed by atoms with van der Waals surface area (Å²) in [6.07, 6.45) is 0. The number of aliphatic hydroxyl groups is 2. The first-order chi connectivity index (χ1) is 17.6. The normalized spacial score (nSPS) is 17.3. The lowest BCUT2D eigenvalue weighted by Crippen LogP contribution is -2.32. The molecule has 7 heteroatoms. The van der Waals surface area contributed by atoms with Crippen molar-refractivity contribution in [3.05, 3.63) is 106 Å². The molecule has 0 spiro atoms. The van der Waals surface area contributed by atoms with Crippen molar-refractivity contribution in [3.63, 3.8) is 0 Å². The molecule has 1 saturated heterocycles.